The molecule has 0 saturated carbocycles. The highest BCUT2D eigenvalue weighted by Crippen LogP contribution is 2.34. The van der Waals surface area contributed by atoms with Crippen molar-refractivity contribution in [1.82, 2.24) is 5.32 Å². The molecule has 0 fully saturated rings. The van der Waals surface area contributed by atoms with Crippen LogP contribution in [0.4, 0.5) is 4.39 Å². The van der Waals surface area contributed by atoms with E-state index in [-0.39, 0.29) is 6.54 Å². The van der Waals surface area contributed by atoms with Crippen molar-refractivity contribution in [3.8, 4) is 23.0 Å². The first-order valence-electron chi connectivity index (χ1n) is 8.56. The smallest absolute Gasteiger partial charge is 0.344 e. The van der Waals surface area contributed by atoms with Crippen molar-refractivity contribution < 1.29 is 37.7 Å². The molecule has 0 aliphatic carbocycles. The van der Waals surface area contributed by atoms with Crippen LogP contribution in [-0.2, 0) is 20.9 Å². The Morgan fingerprint density at radius 3 is 2.14 bits per heavy atom. The number of rotatable bonds is 10. The summed E-state index contributed by atoms with van der Waals surface area (Å²) >= 11 is 0. The zero-order chi connectivity index (χ0) is 21.2. The van der Waals surface area contributed by atoms with Crippen molar-refractivity contribution in [3.63, 3.8) is 0 Å². The third-order valence-corrected chi connectivity index (χ3v) is 3.80. The van der Waals surface area contributed by atoms with Gasteiger partial charge in [0, 0.05) is 18.2 Å². The number of carbonyl (C=O) groups excluding carboxylic acids is 2. The lowest BCUT2D eigenvalue weighted by Crippen LogP contribution is -2.29. The summed E-state index contributed by atoms with van der Waals surface area (Å²) in [5.41, 5.74) is 0.657. The Labute approximate surface area is 167 Å². The van der Waals surface area contributed by atoms with E-state index in [4.69, 9.17) is 23.7 Å². The summed E-state index contributed by atoms with van der Waals surface area (Å²) in [6.07, 6.45) is 0. The summed E-state index contributed by atoms with van der Waals surface area (Å²) in [7, 11) is 4.50. The summed E-state index contributed by atoms with van der Waals surface area (Å²) in [6, 6.07) is 8.50. The first-order valence-corrected chi connectivity index (χ1v) is 8.56. The van der Waals surface area contributed by atoms with Gasteiger partial charge in [-0.2, -0.15) is 0 Å². The maximum atomic E-state index is 12.8. The highest BCUT2D eigenvalue weighted by atomic mass is 19.1. The molecule has 0 aromatic heterocycles. The molecule has 0 saturated heterocycles. The van der Waals surface area contributed by atoms with E-state index in [1.165, 1.54) is 45.6 Å². The quantitative estimate of drug-likeness (QED) is 0.603. The van der Waals surface area contributed by atoms with Crippen LogP contribution in [0.5, 0.6) is 23.0 Å². The van der Waals surface area contributed by atoms with E-state index >= 15 is 0 Å². The van der Waals surface area contributed by atoms with Crippen molar-refractivity contribution >= 4 is 11.9 Å². The molecule has 0 aliphatic rings. The summed E-state index contributed by atoms with van der Waals surface area (Å²) < 4.78 is 38.5. The van der Waals surface area contributed by atoms with E-state index in [0.29, 0.717) is 28.6 Å². The fraction of sp³-hybridized carbons (Fsp3) is 0.300. The lowest BCUT2D eigenvalue weighted by Gasteiger charge is -2.14. The van der Waals surface area contributed by atoms with Gasteiger partial charge >= 0.3 is 5.97 Å². The molecule has 0 atom stereocenters. The first-order chi connectivity index (χ1) is 14.0. The van der Waals surface area contributed by atoms with E-state index in [2.05, 4.69) is 5.32 Å². The van der Waals surface area contributed by atoms with Crippen molar-refractivity contribution in [2.75, 3.05) is 34.5 Å². The van der Waals surface area contributed by atoms with Gasteiger partial charge in [0.25, 0.3) is 5.91 Å². The average molecular weight is 407 g/mol. The topological polar surface area (TPSA) is 92.3 Å². The molecule has 0 spiro atoms. The van der Waals surface area contributed by atoms with Gasteiger partial charge in [-0.15, -0.1) is 0 Å². The van der Waals surface area contributed by atoms with E-state index in [1.807, 2.05) is 0 Å². The zero-order valence-electron chi connectivity index (χ0n) is 16.3. The Morgan fingerprint density at radius 1 is 0.897 bits per heavy atom. The second-order valence-electron chi connectivity index (χ2n) is 5.70. The van der Waals surface area contributed by atoms with Crippen molar-refractivity contribution in [1.29, 1.82) is 0 Å². The average Bonchev–Trinajstić information content (AvgIpc) is 2.75. The van der Waals surface area contributed by atoms with Gasteiger partial charge in [0.15, 0.2) is 24.7 Å². The van der Waals surface area contributed by atoms with Gasteiger partial charge in [-0.3, -0.25) is 4.79 Å². The Balaban J connectivity index is 1.80. The summed E-state index contributed by atoms with van der Waals surface area (Å²) in [5.74, 6) is 0.158. The molecule has 0 radical (unpaired) electrons. The van der Waals surface area contributed by atoms with Crippen LogP contribution in [0.25, 0.3) is 0 Å². The Bertz CT molecular complexity index is 839. The number of ether oxygens (including phenoxy) is 5. The number of halogens is 1. The maximum absolute atomic E-state index is 12.8. The highest BCUT2D eigenvalue weighted by molar-refractivity contribution is 5.81. The van der Waals surface area contributed by atoms with Gasteiger partial charge in [-0.05, 0) is 30.3 Å². The summed E-state index contributed by atoms with van der Waals surface area (Å²) in [5, 5.41) is 2.62. The minimum absolute atomic E-state index is 0.131. The Morgan fingerprint density at radius 2 is 1.52 bits per heavy atom. The summed E-state index contributed by atoms with van der Waals surface area (Å²) in [6.45, 7) is -0.740. The molecule has 29 heavy (non-hydrogen) atoms. The monoisotopic (exact) mass is 407 g/mol. The standard InChI is InChI=1S/C20H22FNO7/c1-25-16-9-18(27-3)17(26-2)8-13(16)10-22-19(23)11-29-20(24)12-28-15-6-4-14(21)5-7-15/h4-9H,10-12H2,1-3H3,(H,22,23). The minimum Gasteiger partial charge on any atom is -0.496 e. The maximum Gasteiger partial charge on any atom is 0.344 e. The van der Waals surface area contributed by atoms with Crippen LogP contribution < -0.4 is 24.3 Å². The van der Waals surface area contributed by atoms with Crippen LogP contribution in [-0.4, -0.2) is 46.4 Å². The predicted molar refractivity (Wildman–Crippen MR) is 101 cm³/mol. The van der Waals surface area contributed by atoms with Gasteiger partial charge in [0.2, 0.25) is 0 Å². The molecule has 1 N–H and O–H groups in total. The van der Waals surface area contributed by atoms with Crippen molar-refractivity contribution in [3.05, 3.63) is 47.8 Å². The van der Waals surface area contributed by atoms with Crippen LogP contribution in [0.15, 0.2) is 36.4 Å². The molecule has 156 valence electrons. The minimum atomic E-state index is -0.729. The van der Waals surface area contributed by atoms with Crippen molar-refractivity contribution in [2.45, 2.75) is 6.54 Å². The fourth-order valence-corrected chi connectivity index (χ4v) is 2.34. The van der Waals surface area contributed by atoms with E-state index in [9.17, 15) is 14.0 Å². The number of nitrogens with one attached hydrogen (secondary N) is 1. The number of methoxy groups -OCH3 is 3. The van der Waals surface area contributed by atoms with Gasteiger partial charge in [0.05, 0.1) is 21.3 Å². The van der Waals surface area contributed by atoms with E-state index in [1.54, 1.807) is 12.1 Å². The molecule has 0 aliphatic heterocycles. The fourth-order valence-electron chi connectivity index (χ4n) is 2.34. The Hall–Kier alpha value is -3.49. The summed E-state index contributed by atoms with van der Waals surface area (Å²) in [4.78, 5) is 23.6. The molecule has 2 aromatic carbocycles. The van der Waals surface area contributed by atoms with E-state index < -0.39 is 30.9 Å². The van der Waals surface area contributed by atoms with Gasteiger partial charge in [-0.25, -0.2) is 9.18 Å². The number of esters is 1. The second kappa shape index (κ2) is 10.7. The zero-order valence-corrected chi connectivity index (χ0v) is 16.3. The van der Waals surface area contributed by atoms with Crippen LogP contribution >= 0.6 is 0 Å². The van der Waals surface area contributed by atoms with Crippen LogP contribution in [0.2, 0.25) is 0 Å². The molecule has 8 nitrogen and oxygen atoms in total. The number of carbonyl (C=O) groups is 2. The number of hydrogen-bond acceptors (Lipinski definition) is 7. The van der Waals surface area contributed by atoms with Crippen LogP contribution in [0.3, 0.4) is 0 Å². The van der Waals surface area contributed by atoms with Gasteiger partial charge in [0.1, 0.15) is 17.3 Å². The lowest BCUT2D eigenvalue weighted by atomic mass is 10.1. The number of benzene rings is 2. The van der Waals surface area contributed by atoms with Crippen molar-refractivity contribution in [2.24, 2.45) is 0 Å². The SMILES string of the molecule is COc1cc(OC)c(OC)cc1CNC(=O)COC(=O)COc1ccc(F)cc1. The number of hydrogen-bond donors (Lipinski definition) is 1. The Kier molecular flexibility index (Phi) is 8.08. The molecule has 0 bridgehead atoms. The largest absolute Gasteiger partial charge is 0.496 e. The molecule has 2 rings (SSSR count). The van der Waals surface area contributed by atoms with Crippen LogP contribution in [0, 0.1) is 5.82 Å². The molecule has 1 amide bonds. The molecule has 2 aromatic rings. The molecular formula is C20H22FNO7. The lowest BCUT2D eigenvalue weighted by molar-refractivity contribution is -0.150. The molecule has 9 heteroatoms. The van der Waals surface area contributed by atoms with Gasteiger partial charge < -0.3 is 29.0 Å². The number of amides is 1. The van der Waals surface area contributed by atoms with Crippen LogP contribution in [0.1, 0.15) is 5.56 Å². The normalized spacial score (nSPS) is 10.1. The third-order valence-electron chi connectivity index (χ3n) is 3.80. The highest BCUT2D eigenvalue weighted by Gasteiger charge is 2.14. The first kappa shape index (κ1) is 21.8. The third kappa shape index (κ3) is 6.56. The molecule has 0 unspecified atom stereocenters. The molecular weight excluding hydrogens is 385 g/mol. The second-order valence-corrected chi connectivity index (χ2v) is 5.70. The molecule has 0 heterocycles. The predicted octanol–water partition coefficient (Wildman–Crippen LogP) is 2.09. The van der Waals surface area contributed by atoms with E-state index in [0.717, 1.165) is 0 Å². The van der Waals surface area contributed by atoms with Gasteiger partial charge in [-0.1, -0.05) is 0 Å².